The molecule has 0 radical (unpaired) electrons. The van der Waals surface area contributed by atoms with Crippen LogP contribution in [0, 0.1) is 5.92 Å². The molecule has 1 aromatic carbocycles. The molecule has 1 N–H and O–H groups in total. The van der Waals surface area contributed by atoms with Crippen molar-refractivity contribution in [3.63, 3.8) is 0 Å². The molecule has 7 heteroatoms. The molecule has 0 bridgehead atoms. The number of benzene rings is 1. The number of sulfone groups is 1. The van der Waals surface area contributed by atoms with Crippen molar-refractivity contribution in [1.29, 1.82) is 0 Å². The third kappa shape index (κ3) is 4.03. The first-order valence-corrected chi connectivity index (χ1v) is 9.79. The van der Waals surface area contributed by atoms with Crippen LogP contribution in [0.1, 0.15) is 19.3 Å². The summed E-state index contributed by atoms with van der Waals surface area (Å²) in [5, 5.41) is 2.78. The third-order valence-electron chi connectivity index (χ3n) is 4.26. The molecule has 2 amide bonds. The number of nitrogens with one attached hydrogen (secondary N) is 1. The van der Waals surface area contributed by atoms with Gasteiger partial charge >= 0.3 is 6.03 Å². The lowest BCUT2D eigenvalue weighted by atomic mass is 10.1. The zero-order valence-corrected chi connectivity index (χ0v) is 14.0. The van der Waals surface area contributed by atoms with Crippen molar-refractivity contribution in [2.45, 2.75) is 30.2 Å². The topological polar surface area (TPSA) is 75.7 Å². The number of rotatable bonds is 5. The molecule has 1 aromatic rings. The number of nitrogens with zero attached hydrogens (tertiary/aromatic N) is 1. The van der Waals surface area contributed by atoms with E-state index in [1.165, 1.54) is 6.07 Å². The predicted octanol–water partition coefficient (Wildman–Crippen LogP) is 2.12. The summed E-state index contributed by atoms with van der Waals surface area (Å²) < 4.78 is 29.1. The van der Waals surface area contributed by atoms with E-state index in [4.69, 9.17) is 4.74 Å². The number of carbonyl (C=O) groups excluding carboxylic acids is 1. The van der Waals surface area contributed by atoms with E-state index < -0.39 is 9.84 Å². The molecule has 0 aromatic heterocycles. The van der Waals surface area contributed by atoms with Gasteiger partial charge in [0.2, 0.25) is 0 Å². The maximum Gasteiger partial charge on any atom is 0.322 e. The van der Waals surface area contributed by atoms with Gasteiger partial charge in [-0.15, -0.1) is 0 Å². The summed E-state index contributed by atoms with van der Waals surface area (Å²) in [6.45, 7) is 2.11. The van der Waals surface area contributed by atoms with Crippen molar-refractivity contribution in [3.8, 4) is 0 Å². The fourth-order valence-corrected chi connectivity index (χ4v) is 3.71. The molecule has 2 aliphatic rings. The highest BCUT2D eigenvalue weighted by atomic mass is 32.2. The van der Waals surface area contributed by atoms with E-state index >= 15 is 0 Å². The maximum atomic E-state index is 12.6. The Hall–Kier alpha value is -1.60. The van der Waals surface area contributed by atoms with Crippen molar-refractivity contribution >= 4 is 21.6 Å². The summed E-state index contributed by atoms with van der Waals surface area (Å²) in [5.74, 6) is 0.367. The number of ether oxygens (including phenoxy) is 1. The van der Waals surface area contributed by atoms with Crippen molar-refractivity contribution in [2.24, 2.45) is 5.92 Å². The number of hydrogen-bond acceptors (Lipinski definition) is 4. The van der Waals surface area contributed by atoms with Gasteiger partial charge in [-0.3, -0.25) is 0 Å². The van der Waals surface area contributed by atoms with E-state index in [2.05, 4.69) is 5.32 Å². The van der Waals surface area contributed by atoms with Crippen LogP contribution in [-0.2, 0) is 14.6 Å². The van der Waals surface area contributed by atoms with E-state index in [1.807, 2.05) is 4.90 Å². The molecule has 3 rings (SSSR count). The van der Waals surface area contributed by atoms with Crippen molar-refractivity contribution in [3.05, 3.63) is 24.3 Å². The molecule has 1 aliphatic heterocycles. The van der Waals surface area contributed by atoms with Crippen LogP contribution in [0.15, 0.2) is 29.2 Å². The van der Waals surface area contributed by atoms with Gasteiger partial charge in [-0.2, -0.15) is 0 Å². The van der Waals surface area contributed by atoms with Crippen molar-refractivity contribution in [2.75, 3.05) is 31.3 Å². The Kier molecular flexibility index (Phi) is 4.59. The monoisotopic (exact) mass is 338 g/mol. The zero-order valence-electron chi connectivity index (χ0n) is 13.2. The first-order chi connectivity index (χ1) is 10.9. The van der Waals surface area contributed by atoms with Gasteiger partial charge in [-0.25, -0.2) is 13.2 Å². The number of hydrogen-bond donors (Lipinski definition) is 1. The second-order valence-electron chi connectivity index (χ2n) is 6.31. The number of urea groups is 1. The minimum atomic E-state index is -3.39. The van der Waals surface area contributed by atoms with Gasteiger partial charge in [0, 0.05) is 31.4 Å². The second-order valence-corrected chi connectivity index (χ2v) is 8.30. The molecular formula is C16H22N2O4S. The van der Waals surface area contributed by atoms with Crippen molar-refractivity contribution in [1.82, 2.24) is 4.90 Å². The Bertz CT molecular complexity index is 679. The minimum Gasteiger partial charge on any atom is -0.381 e. The van der Waals surface area contributed by atoms with E-state index in [1.54, 1.807) is 18.2 Å². The lowest BCUT2D eigenvalue weighted by Crippen LogP contribution is -2.40. The molecule has 0 spiro atoms. The van der Waals surface area contributed by atoms with E-state index in [-0.39, 0.29) is 17.0 Å². The highest BCUT2D eigenvalue weighted by molar-refractivity contribution is 7.90. The SMILES string of the molecule is CS(=O)(=O)c1ccccc1NC(=O)N(C[C@H]1CCOC1)C1CC1. The molecule has 2 fully saturated rings. The lowest BCUT2D eigenvalue weighted by molar-refractivity contribution is 0.167. The number of anilines is 1. The first-order valence-electron chi connectivity index (χ1n) is 7.89. The summed E-state index contributed by atoms with van der Waals surface area (Å²) in [6.07, 6.45) is 4.13. The van der Waals surface area contributed by atoms with Crippen LogP contribution >= 0.6 is 0 Å². The molecule has 1 saturated carbocycles. The molecule has 6 nitrogen and oxygen atoms in total. The zero-order chi connectivity index (χ0) is 16.4. The average Bonchev–Trinajstić information content (AvgIpc) is 3.20. The quantitative estimate of drug-likeness (QED) is 0.892. The summed E-state index contributed by atoms with van der Waals surface area (Å²) in [5.41, 5.74) is 0.341. The number of amides is 2. The number of carbonyl (C=O) groups is 1. The second kappa shape index (κ2) is 6.49. The van der Waals surface area contributed by atoms with Crippen LogP contribution in [0.2, 0.25) is 0 Å². The maximum absolute atomic E-state index is 12.6. The van der Waals surface area contributed by atoms with Crippen LogP contribution in [0.5, 0.6) is 0 Å². The van der Waals surface area contributed by atoms with Crippen LogP contribution in [0.4, 0.5) is 10.5 Å². The summed E-state index contributed by atoms with van der Waals surface area (Å²) >= 11 is 0. The van der Waals surface area contributed by atoms with E-state index in [0.29, 0.717) is 24.8 Å². The van der Waals surface area contributed by atoms with Gasteiger partial charge in [0.15, 0.2) is 9.84 Å². The van der Waals surface area contributed by atoms with Gasteiger partial charge in [-0.1, -0.05) is 12.1 Å². The third-order valence-corrected chi connectivity index (χ3v) is 5.41. The molecule has 1 heterocycles. The molecule has 126 valence electrons. The Morgan fingerprint density at radius 1 is 1.30 bits per heavy atom. The minimum absolute atomic E-state index is 0.147. The van der Waals surface area contributed by atoms with Gasteiger partial charge in [-0.05, 0) is 31.4 Å². The van der Waals surface area contributed by atoms with Crippen LogP contribution in [-0.4, -0.2) is 51.4 Å². The Labute approximate surface area is 136 Å². The highest BCUT2D eigenvalue weighted by Crippen LogP contribution is 2.30. The van der Waals surface area contributed by atoms with Crippen molar-refractivity contribution < 1.29 is 17.9 Å². The van der Waals surface area contributed by atoms with E-state index in [0.717, 1.165) is 32.1 Å². The smallest absolute Gasteiger partial charge is 0.322 e. The van der Waals surface area contributed by atoms with Gasteiger partial charge in [0.25, 0.3) is 0 Å². The molecule has 23 heavy (non-hydrogen) atoms. The van der Waals surface area contributed by atoms with Gasteiger partial charge in [0.1, 0.15) is 0 Å². The largest absolute Gasteiger partial charge is 0.381 e. The molecule has 1 atom stereocenters. The normalized spacial score (nSPS) is 21.2. The average molecular weight is 338 g/mol. The van der Waals surface area contributed by atoms with E-state index in [9.17, 15) is 13.2 Å². The van der Waals surface area contributed by atoms with Crippen LogP contribution in [0.3, 0.4) is 0 Å². The summed E-state index contributed by atoms with van der Waals surface area (Å²) in [6, 6.07) is 6.54. The van der Waals surface area contributed by atoms with Crippen LogP contribution < -0.4 is 5.32 Å². The standard InChI is InChI=1S/C16H22N2O4S/c1-23(20,21)15-5-3-2-4-14(15)17-16(19)18(13-6-7-13)10-12-8-9-22-11-12/h2-5,12-13H,6-11H2,1H3,(H,17,19)/t12-/m1/s1. The summed E-state index contributed by atoms with van der Waals surface area (Å²) in [4.78, 5) is 14.6. The fourth-order valence-electron chi connectivity index (χ4n) is 2.87. The highest BCUT2D eigenvalue weighted by Gasteiger charge is 2.35. The molecular weight excluding hydrogens is 316 g/mol. The van der Waals surface area contributed by atoms with Gasteiger partial charge < -0.3 is 15.0 Å². The Morgan fingerprint density at radius 3 is 2.65 bits per heavy atom. The number of para-hydroxylation sites is 1. The summed E-state index contributed by atoms with van der Waals surface area (Å²) in [7, 11) is -3.39. The Morgan fingerprint density at radius 2 is 2.04 bits per heavy atom. The van der Waals surface area contributed by atoms with Gasteiger partial charge in [0.05, 0.1) is 17.2 Å². The lowest BCUT2D eigenvalue weighted by Gasteiger charge is -2.25. The predicted molar refractivity (Wildman–Crippen MR) is 87.2 cm³/mol. The molecule has 1 aliphatic carbocycles. The first kappa shape index (κ1) is 16.3. The molecule has 0 unspecified atom stereocenters. The van der Waals surface area contributed by atoms with Crippen LogP contribution in [0.25, 0.3) is 0 Å². The Balaban J connectivity index is 1.74. The fraction of sp³-hybridized carbons (Fsp3) is 0.562. The molecule has 1 saturated heterocycles.